The highest BCUT2D eigenvalue weighted by atomic mass is 32.2. The summed E-state index contributed by atoms with van der Waals surface area (Å²) >= 11 is 0. The van der Waals surface area contributed by atoms with Crippen LogP contribution < -0.4 is 0 Å². The first-order valence-electron chi connectivity index (χ1n) is 6.97. The van der Waals surface area contributed by atoms with Crippen molar-refractivity contribution < 1.29 is 114 Å². The van der Waals surface area contributed by atoms with E-state index in [-0.39, 0.29) is 0 Å². The van der Waals surface area contributed by atoms with Gasteiger partial charge in [0.25, 0.3) is 0 Å². The summed E-state index contributed by atoms with van der Waals surface area (Å²) in [5.41, 5.74) is 0. The average Bonchev–Trinajstić information content (AvgIpc) is 2.57. The summed E-state index contributed by atoms with van der Waals surface area (Å²) in [4.78, 5) is 0. The Bertz CT molecular complexity index is 1040. The molecule has 0 aliphatic carbocycles. The first-order chi connectivity index (χ1) is 15.2. The van der Waals surface area contributed by atoms with Crippen LogP contribution in [0.2, 0.25) is 0 Å². The van der Waals surface area contributed by atoms with Crippen molar-refractivity contribution >= 4 is 20.2 Å². The van der Waals surface area contributed by atoms with Crippen LogP contribution >= 0.6 is 0 Å². The first kappa shape index (κ1) is 37.6. The molecule has 0 aromatic carbocycles. The van der Waals surface area contributed by atoms with Crippen LogP contribution in [0.4, 0.5) is 87.8 Å². The van der Waals surface area contributed by atoms with Crippen molar-refractivity contribution in [3.05, 3.63) is 0 Å². The van der Waals surface area contributed by atoms with Crippen molar-refractivity contribution in [2.45, 2.75) is 52.5 Å². The lowest BCUT2D eigenvalue weighted by Gasteiger charge is -2.35. The van der Waals surface area contributed by atoms with Gasteiger partial charge in [-0.3, -0.25) is 9.11 Å². The number of hydrogen-bond donors (Lipinski definition) is 2. The molecule has 0 amide bonds. The lowest BCUT2D eigenvalue weighted by Crippen LogP contribution is -2.67. The van der Waals surface area contributed by atoms with Gasteiger partial charge in [-0.25, -0.2) is 0 Å². The fourth-order valence-electron chi connectivity index (χ4n) is 1.24. The Hall–Kier alpha value is -1.58. The molecular weight excluding hydrogens is 648 g/mol. The highest BCUT2D eigenvalue weighted by Gasteiger charge is 2.90. The molecule has 37 heavy (non-hydrogen) atoms. The largest absolute Gasteiger partial charge is 0.460 e. The zero-order valence-electron chi connectivity index (χ0n) is 15.4. The molecule has 6 nitrogen and oxygen atoms in total. The molecule has 0 unspecified atom stereocenters. The van der Waals surface area contributed by atoms with E-state index in [1.165, 1.54) is 0 Å². The van der Waals surface area contributed by atoms with Gasteiger partial charge in [0.1, 0.15) is 0 Å². The topological polar surface area (TPSA) is 109 Å². The maximum atomic E-state index is 12.5. The molecule has 0 radical (unpaired) electrons. The van der Waals surface area contributed by atoms with E-state index in [1.807, 2.05) is 0 Å². The molecule has 0 saturated carbocycles. The fraction of sp³-hybridized carbons (Fsp3) is 1.00. The van der Waals surface area contributed by atoms with Gasteiger partial charge in [0.15, 0.2) is 0 Å². The molecule has 0 aliphatic heterocycles. The monoisotopic (exact) mass is 650 g/mol. The smallest absolute Gasteiger partial charge is 0.281 e. The molecule has 0 fully saturated rings. The summed E-state index contributed by atoms with van der Waals surface area (Å²) in [6.45, 7) is 0. The third kappa shape index (κ3) is 5.74. The van der Waals surface area contributed by atoms with E-state index in [1.54, 1.807) is 0 Å². The van der Waals surface area contributed by atoms with Gasteiger partial charge in [0.05, 0.1) is 0 Å². The summed E-state index contributed by atoms with van der Waals surface area (Å²) in [6, 6.07) is 0. The van der Waals surface area contributed by atoms with Crippen LogP contribution in [0.5, 0.6) is 0 Å². The Morgan fingerprint density at radius 2 is 0.486 bits per heavy atom. The number of hydrogen-bond acceptors (Lipinski definition) is 4. The maximum Gasteiger partial charge on any atom is 0.460 e. The van der Waals surface area contributed by atoms with Crippen LogP contribution in [0.1, 0.15) is 0 Å². The van der Waals surface area contributed by atoms with Crippen LogP contribution in [-0.4, -0.2) is 78.4 Å². The quantitative estimate of drug-likeness (QED) is 0.289. The van der Waals surface area contributed by atoms with Crippen LogP contribution in [0.15, 0.2) is 0 Å². The minimum absolute atomic E-state index is 7.00. The van der Waals surface area contributed by atoms with Gasteiger partial charge in [0.2, 0.25) is 0 Å². The molecule has 0 saturated heterocycles. The van der Waals surface area contributed by atoms with Crippen molar-refractivity contribution in [1.29, 1.82) is 0 Å². The van der Waals surface area contributed by atoms with Crippen molar-refractivity contribution in [3.8, 4) is 0 Å². The van der Waals surface area contributed by atoms with Crippen molar-refractivity contribution in [3.63, 3.8) is 0 Å². The second-order valence-electron chi connectivity index (χ2n) is 5.85. The predicted octanol–water partition coefficient (Wildman–Crippen LogP) is 5.24. The molecule has 226 valence electrons. The third-order valence-electron chi connectivity index (χ3n) is 3.27. The molecule has 0 spiro atoms. The Morgan fingerprint density at radius 3 is 0.649 bits per heavy atom. The van der Waals surface area contributed by atoms with Crippen molar-refractivity contribution in [1.82, 2.24) is 0 Å². The van der Waals surface area contributed by atoms with Gasteiger partial charge in [-0.1, -0.05) is 0 Å². The van der Waals surface area contributed by atoms with Crippen LogP contribution in [0, 0.1) is 0 Å². The normalized spacial score (nSPS) is 16.3. The zero-order chi connectivity index (χ0) is 31.5. The third-order valence-corrected chi connectivity index (χ3v) is 5.08. The van der Waals surface area contributed by atoms with E-state index < -0.39 is 72.7 Å². The van der Waals surface area contributed by atoms with Gasteiger partial charge in [-0.05, 0) is 0 Å². The molecular formula is C9H2F20O6S2. The molecule has 0 aromatic rings. The van der Waals surface area contributed by atoms with E-state index >= 15 is 0 Å². The molecule has 0 bridgehead atoms. The molecule has 0 aromatic heterocycles. The molecule has 28 heteroatoms. The van der Waals surface area contributed by atoms with Gasteiger partial charge in [0, 0.05) is 0 Å². The highest BCUT2D eigenvalue weighted by Crippen LogP contribution is 2.58. The summed E-state index contributed by atoms with van der Waals surface area (Å²) in [5.74, 6) is -38.0. The van der Waals surface area contributed by atoms with Crippen molar-refractivity contribution in [2.24, 2.45) is 0 Å². The second-order valence-corrected chi connectivity index (χ2v) is 8.78. The molecule has 0 heterocycles. The Kier molecular flexibility index (Phi) is 9.41. The fourth-order valence-corrected chi connectivity index (χ4v) is 2.15. The zero-order valence-corrected chi connectivity index (χ0v) is 17.0. The molecule has 0 atom stereocenters. The first-order valence-corrected chi connectivity index (χ1v) is 9.85. The minimum atomic E-state index is -7.86. The second kappa shape index (κ2) is 9.26. The Labute approximate surface area is 187 Å². The van der Waals surface area contributed by atoms with Gasteiger partial charge >= 0.3 is 72.7 Å². The number of alkyl halides is 20. The molecule has 0 rings (SSSR count). The van der Waals surface area contributed by atoms with E-state index in [9.17, 15) is 105 Å². The summed E-state index contributed by atoms with van der Waals surface area (Å²) in [7, 11) is -14.6. The van der Waals surface area contributed by atoms with Crippen LogP contribution in [0.3, 0.4) is 0 Å². The molecule has 2 N–H and O–H groups in total. The predicted molar refractivity (Wildman–Crippen MR) is 69.8 cm³/mol. The van der Waals surface area contributed by atoms with E-state index in [0.29, 0.717) is 0 Å². The number of halogens is 20. The minimum Gasteiger partial charge on any atom is -0.281 e. The highest BCUT2D eigenvalue weighted by molar-refractivity contribution is 7.87. The van der Waals surface area contributed by atoms with Crippen LogP contribution in [0.25, 0.3) is 0 Å². The summed E-state index contributed by atoms with van der Waals surface area (Å²) < 4.78 is 295. The standard InChI is InChI=1S/C5HF11O3S.C4HF9O3S/c6-1(7,2(8,9)4(12,13)14)3(10,11)5(15,16)20(17,18)19;5-1(6,3(9,10)11)2(7,8)4(12,13)17(14,15)16/h(H,17,18,19);(H,14,15,16). The van der Waals surface area contributed by atoms with E-state index in [4.69, 9.17) is 9.11 Å². The van der Waals surface area contributed by atoms with Gasteiger partial charge < -0.3 is 0 Å². The van der Waals surface area contributed by atoms with Gasteiger partial charge in [-0.15, -0.1) is 0 Å². The maximum absolute atomic E-state index is 12.5. The SMILES string of the molecule is O=S(=O)(O)C(F)(F)C(F)(F)C(F)(F)C(F)(F)C(F)(F)F.O=S(=O)(O)C(F)(F)C(F)(F)C(F)(F)C(F)(F)F. The Balaban J connectivity index is 0. The van der Waals surface area contributed by atoms with Crippen molar-refractivity contribution in [2.75, 3.05) is 0 Å². The lowest BCUT2D eigenvalue weighted by atomic mass is 10.0. The summed E-state index contributed by atoms with van der Waals surface area (Å²) in [5, 5.41) is -14.3. The number of rotatable bonds is 7. The Morgan fingerprint density at radius 1 is 0.324 bits per heavy atom. The van der Waals surface area contributed by atoms with Crippen LogP contribution in [-0.2, 0) is 20.2 Å². The summed E-state index contributed by atoms with van der Waals surface area (Å²) in [6.07, 6.45) is -14.5. The van der Waals surface area contributed by atoms with Gasteiger partial charge in [-0.2, -0.15) is 105 Å². The van der Waals surface area contributed by atoms with E-state index in [2.05, 4.69) is 0 Å². The average molecular weight is 650 g/mol. The lowest BCUT2D eigenvalue weighted by molar-refractivity contribution is -0.413. The van der Waals surface area contributed by atoms with E-state index in [0.717, 1.165) is 0 Å². The molecule has 0 aliphatic rings.